The van der Waals surface area contributed by atoms with E-state index in [2.05, 4.69) is 39.6 Å². The molecule has 1 aromatic rings. The summed E-state index contributed by atoms with van der Waals surface area (Å²) in [5.74, 6) is 2.67. The van der Waals surface area contributed by atoms with Crippen LogP contribution >= 0.6 is 0 Å². The zero-order valence-electron chi connectivity index (χ0n) is 14.2. The van der Waals surface area contributed by atoms with Crippen molar-refractivity contribution in [2.75, 3.05) is 19.7 Å². The molecule has 7 heteroatoms. The van der Waals surface area contributed by atoms with Gasteiger partial charge in [-0.25, -0.2) is 9.98 Å². The summed E-state index contributed by atoms with van der Waals surface area (Å²) < 4.78 is 1.72. The Balaban J connectivity index is 2.56. The number of aliphatic hydroxyl groups is 1. The number of hydrogen-bond acceptors (Lipinski definition) is 4. The number of rotatable bonds is 9. The van der Waals surface area contributed by atoms with E-state index >= 15 is 0 Å². The van der Waals surface area contributed by atoms with E-state index in [0.29, 0.717) is 18.4 Å². The van der Waals surface area contributed by atoms with Crippen molar-refractivity contribution in [2.45, 2.75) is 40.2 Å². The number of aliphatic hydroxyl groups excluding tert-OH is 1. The van der Waals surface area contributed by atoms with Gasteiger partial charge in [0.2, 0.25) is 0 Å². The van der Waals surface area contributed by atoms with Crippen molar-refractivity contribution in [1.29, 1.82) is 0 Å². The molecule has 0 aromatic carbocycles. The highest BCUT2D eigenvalue weighted by atomic mass is 16.3. The van der Waals surface area contributed by atoms with E-state index in [1.54, 1.807) is 4.68 Å². The minimum absolute atomic E-state index is 0.228. The second-order valence-corrected chi connectivity index (χ2v) is 5.88. The van der Waals surface area contributed by atoms with Gasteiger partial charge in [-0.1, -0.05) is 13.8 Å². The van der Waals surface area contributed by atoms with E-state index in [0.717, 1.165) is 37.7 Å². The molecule has 1 aromatic heterocycles. The summed E-state index contributed by atoms with van der Waals surface area (Å²) in [6.07, 6.45) is 3.44. The van der Waals surface area contributed by atoms with E-state index in [1.165, 1.54) is 6.33 Å². The van der Waals surface area contributed by atoms with Crippen LogP contribution in [0.25, 0.3) is 0 Å². The van der Waals surface area contributed by atoms with Gasteiger partial charge in [-0.15, -0.1) is 0 Å². The van der Waals surface area contributed by atoms with Crippen LogP contribution in [0.1, 0.15) is 39.4 Å². The van der Waals surface area contributed by atoms with Crippen LogP contribution < -0.4 is 10.6 Å². The molecule has 0 fully saturated rings. The second kappa shape index (κ2) is 10.2. The molecule has 3 N–H and O–H groups in total. The van der Waals surface area contributed by atoms with Crippen LogP contribution in [-0.4, -0.2) is 45.5 Å². The highest BCUT2D eigenvalue weighted by molar-refractivity contribution is 5.79. The molecule has 1 rings (SSSR count). The molecular formula is C15H30N6O. The summed E-state index contributed by atoms with van der Waals surface area (Å²) in [6, 6.07) is 0. The molecule has 0 spiro atoms. The number of aromatic nitrogens is 3. The van der Waals surface area contributed by atoms with Crippen LogP contribution in [0.15, 0.2) is 11.3 Å². The monoisotopic (exact) mass is 310 g/mol. The van der Waals surface area contributed by atoms with Crippen LogP contribution in [0, 0.1) is 11.8 Å². The van der Waals surface area contributed by atoms with Crippen LogP contribution in [0.4, 0.5) is 0 Å². The van der Waals surface area contributed by atoms with E-state index in [-0.39, 0.29) is 6.61 Å². The quantitative estimate of drug-likeness (QED) is 0.466. The van der Waals surface area contributed by atoms with Gasteiger partial charge in [-0.3, -0.25) is 4.68 Å². The average Bonchev–Trinajstić information content (AvgIpc) is 2.87. The highest BCUT2D eigenvalue weighted by Gasteiger charge is 2.11. The summed E-state index contributed by atoms with van der Waals surface area (Å²) in [5.41, 5.74) is 0. The van der Waals surface area contributed by atoms with Gasteiger partial charge in [-0.05, 0) is 31.6 Å². The summed E-state index contributed by atoms with van der Waals surface area (Å²) in [4.78, 5) is 8.70. The Morgan fingerprint density at radius 1 is 1.41 bits per heavy atom. The van der Waals surface area contributed by atoms with E-state index < -0.39 is 0 Å². The molecule has 0 saturated heterocycles. The van der Waals surface area contributed by atoms with Crippen molar-refractivity contribution in [2.24, 2.45) is 23.9 Å². The molecule has 0 aliphatic carbocycles. The van der Waals surface area contributed by atoms with Crippen LogP contribution in [0.3, 0.4) is 0 Å². The largest absolute Gasteiger partial charge is 0.396 e. The minimum atomic E-state index is 0.228. The maximum Gasteiger partial charge on any atom is 0.191 e. The molecule has 0 saturated carbocycles. The predicted octanol–water partition coefficient (Wildman–Crippen LogP) is 0.915. The fourth-order valence-corrected chi connectivity index (χ4v) is 2.35. The molecule has 0 aliphatic rings. The third-order valence-electron chi connectivity index (χ3n) is 3.43. The molecule has 1 unspecified atom stereocenters. The van der Waals surface area contributed by atoms with Crippen LogP contribution in [-0.2, 0) is 13.6 Å². The first-order chi connectivity index (χ1) is 10.6. The Kier molecular flexibility index (Phi) is 8.50. The molecule has 7 nitrogen and oxygen atoms in total. The first-order valence-electron chi connectivity index (χ1n) is 8.02. The minimum Gasteiger partial charge on any atom is -0.396 e. The fourth-order valence-electron chi connectivity index (χ4n) is 2.35. The first-order valence-corrected chi connectivity index (χ1v) is 8.02. The Hall–Kier alpha value is -1.63. The second-order valence-electron chi connectivity index (χ2n) is 5.88. The molecule has 1 atom stereocenters. The van der Waals surface area contributed by atoms with Crippen molar-refractivity contribution >= 4 is 5.96 Å². The van der Waals surface area contributed by atoms with Crippen molar-refractivity contribution in [3.8, 4) is 0 Å². The first kappa shape index (κ1) is 18.4. The van der Waals surface area contributed by atoms with Gasteiger partial charge in [-0.2, -0.15) is 5.10 Å². The third-order valence-corrected chi connectivity index (χ3v) is 3.43. The molecule has 0 amide bonds. The number of nitrogens with zero attached hydrogens (tertiary/aromatic N) is 4. The van der Waals surface area contributed by atoms with Gasteiger partial charge in [0, 0.05) is 26.7 Å². The zero-order chi connectivity index (χ0) is 16.4. The molecule has 22 heavy (non-hydrogen) atoms. The summed E-state index contributed by atoms with van der Waals surface area (Å²) in [5, 5.41) is 19.8. The number of aryl methyl sites for hydroxylation is 1. The average molecular weight is 310 g/mol. The SMILES string of the molecule is CCNC(=NCc1ncnn1C)NCC(CCO)CC(C)C. The number of aliphatic imine (C=N–C) groups is 1. The number of hydrogen-bond donors (Lipinski definition) is 3. The van der Waals surface area contributed by atoms with E-state index in [1.807, 2.05) is 14.0 Å². The topological polar surface area (TPSA) is 87.4 Å². The van der Waals surface area contributed by atoms with Crippen LogP contribution in [0.2, 0.25) is 0 Å². The number of nitrogens with one attached hydrogen (secondary N) is 2. The summed E-state index contributed by atoms with van der Waals surface area (Å²) in [7, 11) is 1.86. The third kappa shape index (κ3) is 6.89. The van der Waals surface area contributed by atoms with Gasteiger partial charge in [0.25, 0.3) is 0 Å². The van der Waals surface area contributed by atoms with Gasteiger partial charge >= 0.3 is 0 Å². The Morgan fingerprint density at radius 2 is 2.18 bits per heavy atom. The summed E-state index contributed by atoms with van der Waals surface area (Å²) >= 11 is 0. The lowest BCUT2D eigenvalue weighted by atomic mass is 9.94. The van der Waals surface area contributed by atoms with Gasteiger partial charge in [0.1, 0.15) is 18.7 Å². The molecule has 126 valence electrons. The lowest BCUT2D eigenvalue weighted by Crippen LogP contribution is -2.40. The van der Waals surface area contributed by atoms with Crippen molar-refractivity contribution in [3.63, 3.8) is 0 Å². The van der Waals surface area contributed by atoms with Gasteiger partial charge in [0.15, 0.2) is 5.96 Å². The fraction of sp³-hybridized carbons (Fsp3) is 0.800. The smallest absolute Gasteiger partial charge is 0.191 e. The molecular weight excluding hydrogens is 280 g/mol. The predicted molar refractivity (Wildman–Crippen MR) is 88.5 cm³/mol. The van der Waals surface area contributed by atoms with E-state index in [4.69, 9.17) is 0 Å². The highest BCUT2D eigenvalue weighted by Crippen LogP contribution is 2.14. The maximum atomic E-state index is 9.19. The van der Waals surface area contributed by atoms with Crippen molar-refractivity contribution in [1.82, 2.24) is 25.4 Å². The molecule has 0 aliphatic heterocycles. The zero-order valence-corrected chi connectivity index (χ0v) is 14.2. The Bertz CT molecular complexity index is 443. The molecule has 0 bridgehead atoms. The Labute approximate surface area is 133 Å². The lowest BCUT2D eigenvalue weighted by molar-refractivity contribution is 0.243. The summed E-state index contributed by atoms with van der Waals surface area (Å²) in [6.45, 7) is 8.78. The van der Waals surface area contributed by atoms with Crippen molar-refractivity contribution < 1.29 is 5.11 Å². The standard InChI is InChI=1S/C15H30N6O/c1-5-16-15(18-10-14-19-11-20-21(14)4)17-9-13(6-7-22)8-12(2)3/h11-13,22H,5-10H2,1-4H3,(H2,16,17,18). The number of guanidine groups is 1. The molecule has 1 heterocycles. The Morgan fingerprint density at radius 3 is 2.73 bits per heavy atom. The van der Waals surface area contributed by atoms with Gasteiger partial charge in [0.05, 0.1) is 0 Å². The maximum absolute atomic E-state index is 9.19. The lowest BCUT2D eigenvalue weighted by Gasteiger charge is -2.20. The van der Waals surface area contributed by atoms with Gasteiger partial charge < -0.3 is 15.7 Å². The normalized spacial score (nSPS) is 13.5. The molecule has 0 radical (unpaired) electrons. The van der Waals surface area contributed by atoms with Crippen molar-refractivity contribution in [3.05, 3.63) is 12.2 Å². The van der Waals surface area contributed by atoms with Crippen LogP contribution in [0.5, 0.6) is 0 Å². The van der Waals surface area contributed by atoms with E-state index in [9.17, 15) is 5.11 Å².